The molecule has 6 heteroatoms. The molecule has 1 aromatic heterocycles. The monoisotopic (exact) mass is 280 g/mol. The predicted octanol–water partition coefficient (Wildman–Crippen LogP) is 1.86. The highest BCUT2D eigenvalue weighted by atomic mass is 16.6. The molecule has 1 rings (SSSR count). The molecule has 0 spiro atoms. The van der Waals surface area contributed by atoms with E-state index >= 15 is 0 Å². The molecule has 0 radical (unpaired) electrons. The lowest BCUT2D eigenvalue weighted by atomic mass is 10.0. The van der Waals surface area contributed by atoms with E-state index in [9.17, 15) is 9.59 Å². The molecule has 1 unspecified atom stereocenters. The van der Waals surface area contributed by atoms with Gasteiger partial charge in [0, 0.05) is 18.9 Å². The predicted molar refractivity (Wildman–Crippen MR) is 73.2 cm³/mol. The van der Waals surface area contributed by atoms with E-state index in [0.29, 0.717) is 5.56 Å². The summed E-state index contributed by atoms with van der Waals surface area (Å²) in [7, 11) is 1.30. The smallest absolute Gasteiger partial charge is 0.407 e. The second-order valence-corrected chi connectivity index (χ2v) is 5.24. The number of ether oxygens (including phenoxy) is 2. The van der Waals surface area contributed by atoms with Crippen LogP contribution in [0.2, 0.25) is 0 Å². The zero-order valence-electron chi connectivity index (χ0n) is 12.2. The van der Waals surface area contributed by atoms with Crippen LogP contribution in [0.15, 0.2) is 24.5 Å². The zero-order valence-corrected chi connectivity index (χ0v) is 12.2. The maximum atomic E-state index is 11.8. The van der Waals surface area contributed by atoms with Crippen molar-refractivity contribution < 1.29 is 19.1 Å². The van der Waals surface area contributed by atoms with E-state index < -0.39 is 23.6 Å². The van der Waals surface area contributed by atoms with Gasteiger partial charge in [-0.05, 0) is 32.4 Å². The maximum absolute atomic E-state index is 11.8. The Labute approximate surface area is 118 Å². The van der Waals surface area contributed by atoms with Gasteiger partial charge in [-0.15, -0.1) is 0 Å². The summed E-state index contributed by atoms with van der Waals surface area (Å²) in [5.41, 5.74) is 0.0921. The Morgan fingerprint density at radius 2 is 2.10 bits per heavy atom. The van der Waals surface area contributed by atoms with Gasteiger partial charge in [0.1, 0.15) is 11.5 Å². The van der Waals surface area contributed by atoms with Crippen LogP contribution in [0, 0.1) is 0 Å². The summed E-state index contributed by atoms with van der Waals surface area (Å²) in [4.78, 5) is 27.3. The van der Waals surface area contributed by atoms with Crippen LogP contribution in [0.3, 0.4) is 0 Å². The molecule has 1 heterocycles. The number of carbonyl (C=O) groups is 2. The number of methoxy groups -OCH3 is 1. The van der Waals surface area contributed by atoms with E-state index in [1.807, 2.05) is 0 Å². The van der Waals surface area contributed by atoms with Crippen molar-refractivity contribution in [2.24, 2.45) is 0 Å². The highest BCUT2D eigenvalue weighted by molar-refractivity contribution is 5.79. The summed E-state index contributed by atoms with van der Waals surface area (Å²) in [6.45, 7) is 5.40. The molecule has 20 heavy (non-hydrogen) atoms. The maximum Gasteiger partial charge on any atom is 0.407 e. The summed E-state index contributed by atoms with van der Waals surface area (Å²) < 4.78 is 9.86. The first-order valence-electron chi connectivity index (χ1n) is 6.28. The number of amides is 1. The van der Waals surface area contributed by atoms with Gasteiger partial charge in [-0.1, -0.05) is 6.07 Å². The second kappa shape index (κ2) is 6.88. The Kier molecular flexibility index (Phi) is 5.49. The molecule has 110 valence electrons. The van der Waals surface area contributed by atoms with Gasteiger partial charge < -0.3 is 14.8 Å². The third-order valence-electron chi connectivity index (χ3n) is 2.42. The van der Waals surface area contributed by atoms with Crippen LogP contribution < -0.4 is 5.32 Å². The minimum atomic E-state index is -0.610. The van der Waals surface area contributed by atoms with Crippen molar-refractivity contribution in [2.45, 2.75) is 32.3 Å². The Hall–Kier alpha value is -2.11. The SMILES string of the molecule is COC(=O)C(CNC(=O)OC(C)(C)C)c1cccnc1. The number of pyridine rings is 1. The summed E-state index contributed by atoms with van der Waals surface area (Å²) in [6.07, 6.45) is 2.60. The van der Waals surface area contributed by atoms with Gasteiger partial charge in [-0.2, -0.15) is 0 Å². The van der Waals surface area contributed by atoms with Crippen molar-refractivity contribution >= 4 is 12.1 Å². The molecule has 0 aliphatic carbocycles. The molecule has 1 N–H and O–H groups in total. The van der Waals surface area contributed by atoms with Gasteiger partial charge in [0.2, 0.25) is 0 Å². The average molecular weight is 280 g/mol. The van der Waals surface area contributed by atoms with E-state index in [4.69, 9.17) is 9.47 Å². The summed E-state index contributed by atoms with van der Waals surface area (Å²) in [5.74, 6) is -1.05. The van der Waals surface area contributed by atoms with E-state index in [1.54, 1.807) is 45.3 Å². The minimum Gasteiger partial charge on any atom is -0.468 e. The lowest BCUT2D eigenvalue weighted by molar-refractivity contribution is -0.142. The minimum absolute atomic E-state index is 0.0906. The first kappa shape index (κ1) is 15.9. The van der Waals surface area contributed by atoms with Crippen LogP contribution in [0.5, 0.6) is 0 Å². The first-order valence-corrected chi connectivity index (χ1v) is 6.28. The molecule has 1 atom stereocenters. The fourth-order valence-corrected chi connectivity index (χ4v) is 1.56. The molecule has 6 nitrogen and oxygen atoms in total. The van der Waals surface area contributed by atoms with Gasteiger partial charge in [-0.25, -0.2) is 4.79 Å². The fraction of sp³-hybridized carbons (Fsp3) is 0.500. The van der Waals surface area contributed by atoms with Gasteiger partial charge >= 0.3 is 12.1 Å². The summed E-state index contributed by atoms with van der Waals surface area (Å²) >= 11 is 0. The lowest BCUT2D eigenvalue weighted by Crippen LogP contribution is -2.36. The molecule has 1 amide bonds. The molecule has 0 saturated carbocycles. The van der Waals surface area contributed by atoms with Crippen LogP contribution in [0.1, 0.15) is 32.3 Å². The number of hydrogen-bond donors (Lipinski definition) is 1. The summed E-state index contributed by atoms with van der Waals surface area (Å²) in [6, 6.07) is 3.48. The molecule has 0 aromatic carbocycles. The van der Waals surface area contributed by atoms with Crippen molar-refractivity contribution in [3.8, 4) is 0 Å². The standard InChI is InChI=1S/C14H20N2O4/c1-14(2,3)20-13(18)16-9-11(12(17)19-4)10-6-5-7-15-8-10/h5-8,11H,9H2,1-4H3,(H,16,18). The fourth-order valence-electron chi connectivity index (χ4n) is 1.56. The molecule has 0 aliphatic rings. The van der Waals surface area contributed by atoms with Gasteiger partial charge in [0.05, 0.1) is 7.11 Å². The molecule has 0 bridgehead atoms. The Balaban J connectivity index is 2.68. The molecule has 1 aromatic rings. The number of carbonyl (C=O) groups excluding carboxylic acids is 2. The van der Waals surface area contributed by atoms with E-state index in [0.717, 1.165) is 0 Å². The van der Waals surface area contributed by atoms with Gasteiger partial charge in [-0.3, -0.25) is 9.78 Å². The molecular formula is C14H20N2O4. The van der Waals surface area contributed by atoms with Crippen LogP contribution in [-0.2, 0) is 14.3 Å². The molecule has 0 aliphatic heterocycles. The number of hydrogen-bond acceptors (Lipinski definition) is 5. The largest absolute Gasteiger partial charge is 0.468 e. The number of rotatable bonds is 4. The third kappa shape index (κ3) is 5.26. The van der Waals surface area contributed by atoms with Crippen molar-refractivity contribution in [1.29, 1.82) is 0 Å². The van der Waals surface area contributed by atoms with Crippen LogP contribution >= 0.6 is 0 Å². The van der Waals surface area contributed by atoms with Crippen molar-refractivity contribution in [2.75, 3.05) is 13.7 Å². The normalized spacial score (nSPS) is 12.4. The van der Waals surface area contributed by atoms with E-state index in [1.165, 1.54) is 7.11 Å². The average Bonchev–Trinajstić information content (AvgIpc) is 2.37. The summed E-state index contributed by atoms with van der Waals surface area (Å²) in [5, 5.41) is 2.56. The Morgan fingerprint density at radius 3 is 2.60 bits per heavy atom. The Bertz CT molecular complexity index is 454. The number of alkyl carbamates (subject to hydrolysis) is 1. The zero-order chi connectivity index (χ0) is 15.2. The highest BCUT2D eigenvalue weighted by Gasteiger charge is 2.24. The highest BCUT2D eigenvalue weighted by Crippen LogP contribution is 2.15. The van der Waals surface area contributed by atoms with Crippen LogP contribution in [0.4, 0.5) is 4.79 Å². The first-order chi connectivity index (χ1) is 9.33. The van der Waals surface area contributed by atoms with Gasteiger partial charge in [0.25, 0.3) is 0 Å². The molecular weight excluding hydrogens is 260 g/mol. The van der Waals surface area contributed by atoms with Gasteiger partial charge in [0.15, 0.2) is 0 Å². The quantitative estimate of drug-likeness (QED) is 0.852. The van der Waals surface area contributed by atoms with E-state index in [2.05, 4.69) is 10.3 Å². The number of nitrogens with zero attached hydrogens (tertiary/aromatic N) is 1. The van der Waals surface area contributed by atoms with Crippen molar-refractivity contribution in [1.82, 2.24) is 10.3 Å². The Morgan fingerprint density at radius 1 is 1.40 bits per heavy atom. The van der Waals surface area contributed by atoms with Crippen LogP contribution in [-0.4, -0.2) is 36.3 Å². The van der Waals surface area contributed by atoms with Crippen LogP contribution in [0.25, 0.3) is 0 Å². The van der Waals surface area contributed by atoms with E-state index in [-0.39, 0.29) is 6.54 Å². The topological polar surface area (TPSA) is 77.5 Å². The second-order valence-electron chi connectivity index (χ2n) is 5.24. The molecule has 0 saturated heterocycles. The number of nitrogens with one attached hydrogen (secondary N) is 1. The number of aromatic nitrogens is 1. The third-order valence-corrected chi connectivity index (χ3v) is 2.42. The molecule has 0 fully saturated rings. The van der Waals surface area contributed by atoms with Crippen molar-refractivity contribution in [3.05, 3.63) is 30.1 Å². The van der Waals surface area contributed by atoms with Crippen molar-refractivity contribution in [3.63, 3.8) is 0 Å². The lowest BCUT2D eigenvalue weighted by Gasteiger charge is -2.21. The number of esters is 1.